The van der Waals surface area contributed by atoms with Crippen LogP contribution in [0.5, 0.6) is 0 Å². The number of aryl methyl sites for hydroxylation is 1. The minimum atomic E-state index is -0.843. The third-order valence-corrected chi connectivity index (χ3v) is 3.18. The molecule has 0 amide bonds. The summed E-state index contributed by atoms with van der Waals surface area (Å²) in [6.07, 6.45) is 0.810. The molecule has 5 heteroatoms. The first-order valence-corrected chi connectivity index (χ1v) is 5.28. The Morgan fingerprint density at radius 1 is 1.85 bits per heavy atom. The largest absolute Gasteiger partial charge is 0.480 e. The Bertz CT molecular complexity index is 366. The summed E-state index contributed by atoms with van der Waals surface area (Å²) in [6.45, 7) is 3.63. The summed E-state index contributed by atoms with van der Waals surface area (Å²) in [6, 6.07) is -0.561. The van der Waals surface area contributed by atoms with Crippen molar-refractivity contribution in [3.63, 3.8) is 0 Å². The molecule has 1 aromatic heterocycles. The van der Waals surface area contributed by atoms with Gasteiger partial charge < -0.3 is 9.67 Å². The van der Waals surface area contributed by atoms with E-state index in [2.05, 4.69) is 0 Å². The van der Waals surface area contributed by atoms with Gasteiger partial charge in [-0.1, -0.05) is 6.92 Å². The van der Waals surface area contributed by atoms with Crippen molar-refractivity contribution in [1.29, 1.82) is 0 Å². The van der Waals surface area contributed by atoms with Crippen molar-refractivity contribution in [3.05, 3.63) is 15.0 Å². The molecule has 1 N–H and O–H groups in total. The first-order chi connectivity index (χ1) is 6.07. The van der Waals surface area contributed by atoms with Gasteiger partial charge in [0.2, 0.25) is 0 Å². The van der Waals surface area contributed by atoms with Gasteiger partial charge in [-0.15, -0.1) is 11.3 Å². The van der Waals surface area contributed by atoms with Crippen LogP contribution in [-0.2, 0) is 11.2 Å². The lowest BCUT2D eigenvalue weighted by Gasteiger charge is -2.11. The number of hydrogen-bond donors (Lipinski definition) is 1. The lowest BCUT2D eigenvalue weighted by molar-refractivity contribution is -0.140. The average Bonchev–Trinajstić information content (AvgIpc) is 2.45. The van der Waals surface area contributed by atoms with Crippen molar-refractivity contribution in [3.8, 4) is 0 Å². The lowest BCUT2D eigenvalue weighted by atomic mass is 10.3. The summed E-state index contributed by atoms with van der Waals surface area (Å²) in [7, 11) is 0. The zero-order valence-electron chi connectivity index (χ0n) is 7.48. The quantitative estimate of drug-likeness (QED) is 0.791. The number of aromatic nitrogens is 1. The second kappa shape index (κ2) is 4.02. The SMILES string of the molecule is CCc1csc(=S)n1[C@H](C)C(=O)O. The molecule has 0 bridgehead atoms. The summed E-state index contributed by atoms with van der Waals surface area (Å²) in [5, 5.41) is 10.8. The van der Waals surface area contributed by atoms with Gasteiger partial charge >= 0.3 is 5.97 Å². The van der Waals surface area contributed by atoms with Crippen LogP contribution >= 0.6 is 23.6 Å². The number of carboxylic acid groups (broad SMARTS) is 1. The van der Waals surface area contributed by atoms with E-state index in [0.717, 1.165) is 12.1 Å². The topological polar surface area (TPSA) is 42.2 Å². The van der Waals surface area contributed by atoms with Crippen LogP contribution < -0.4 is 0 Å². The van der Waals surface area contributed by atoms with Gasteiger partial charge in [0.05, 0.1) is 0 Å². The molecule has 13 heavy (non-hydrogen) atoms. The van der Waals surface area contributed by atoms with Gasteiger partial charge in [-0.3, -0.25) is 0 Å². The summed E-state index contributed by atoms with van der Waals surface area (Å²) in [4.78, 5) is 10.8. The molecule has 1 aromatic rings. The molecule has 0 aliphatic rings. The summed E-state index contributed by atoms with van der Waals surface area (Å²) in [5.74, 6) is -0.843. The van der Waals surface area contributed by atoms with E-state index in [1.165, 1.54) is 11.3 Å². The number of aliphatic carboxylic acids is 1. The minimum absolute atomic E-state index is 0.561. The van der Waals surface area contributed by atoms with Crippen molar-refractivity contribution in [1.82, 2.24) is 4.57 Å². The average molecular weight is 217 g/mol. The molecule has 72 valence electrons. The van der Waals surface area contributed by atoms with E-state index in [0.29, 0.717) is 3.95 Å². The fraction of sp³-hybridized carbons (Fsp3) is 0.500. The second-order valence-corrected chi connectivity index (χ2v) is 4.23. The Morgan fingerprint density at radius 3 is 2.92 bits per heavy atom. The highest BCUT2D eigenvalue weighted by Gasteiger charge is 2.16. The molecule has 1 rings (SSSR count). The summed E-state index contributed by atoms with van der Waals surface area (Å²) in [5.41, 5.74) is 0.991. The first-order valence-electron chi connectivity index (χ1n) is 3.99. The third kappa shape index (κ3) is 1.97. The van der Waals surface area contributed by atoms with E-state index in [1.807, 2.05) is 12.3 Å². The van der Waals surface area contributed by atoms with Crippen LogP contribution in [0.4, 0.5) is 0 Å². The normalized spacial score (nSPS) is 12.8. The van der Waals surface area contributed by atoms with Crippen LogP contribution in [0.1, 0.15) is 25.6 Å². The monoisotopic (exact) mass is 217 g/mol. The van der Waals surface area contributed by atoms with Gasteiger partial charge in [0.1, 0.15) is 6.04 Å². The third-order valence-electron chi connectivity index (χ3n) is 1.91. The van der Waals surface area contributed by atoms with E-state index in [4.69, 9.17) is 17.3 Å². The first kappa shape index (κ1) is 10.4. The maximum Gasteiger partial charge on any atom is 0.326 e. The van der Waals surface area contributed by atoms with E-state index in [9.17, 15) is 4.79 Å². The zero-order valence-corrected chi connectivity index (χ0v) is 9.11. The van der Waals surface area contributed by atoms with Crippen LogP contribution in [0.2, 0.25) is 0 Å². The van der Waals surface area contributed by atoms with Crippen molar-refractivity contribution in [2.75, 3.05) is 0 Å². The van der Waals surface area contributed by atoms with Crippen molar-refractivity contribution in [2.45, 2.75) is 26.3 Å². The smallest absolute Gasteiger partial charge is 0.326 e. The standard InChI is InChI=1S/C8H11NO2S2/c1-3-6-4-13-8(12)9(6)5(2)7(10)11/h4-5H,3H2,1-2H3,(H,10,11)/t5-/m1/s1. The van der Waals surface area contributed by atoms with Crippen molar-refractivity contribution < 1.29 is 9.90 Å². The van der Waals surface area contributed by atoms with Crippen molar-refractivity contribution in [2.24, 2.45) is 0 Å². The molecule has 0 aromatic carbocycles. The molecule has 0 unspecified atom stereocenters. The Morgan fingerprint density at radius 2 is 2.46 bits per heavy atom. The molecule has 1 heterocycles. The Hall–Kier alpha value is -0.680. The molecule has 0 saturated heterocycles. The van der Waals surface area contributed by atoms with Gasteiger partial charge in [-0.05, 0) is 25.6 Å². The summed E-state index contributed by atoms with van der Waals surface area (Å²) < 4.78 is 2.33. The molecule has 3 nitrogen and oxygen atoms in total. The molecule has 0 aliphatic heterocycles. The Labute approximate surface area is 85.6 Å². The van der Waals surface area contributed by atoms with Gasteiger partial charge in [0, 0.05) is 11.1 Å². The van der Waals surface area contributed by atoms with Gasteiger partial charge in [0.25, 0.3) is 0 Å². The van der Waals surface area contributed by atoms with Gasteiger partial charge in [-0.2, -0.15) is 0 Å². The van der Waals surface area contributed by atoms with Gasteiger partial charge in [-0.25, -0.2) is 4.79 Å². The maximum atomic E-state index is 10.8. The van der Waals surface area contributed by atoms with E-state index >= 15 is 0 Å². The molecular weight excluding hydrogens is 206 g/mol. The fourth-order valence-electron chi connectivity index (χ4n) is 1.12. The number of thiazole rings is 1. The number of carboxylic acids is 1. The fourth-order valence-corrected chi connectivity index (χ4v) is 2.45. The van der Waals surface area contributed by atoms with Gasteiger partial charge in [0.15, 0.2) is 3.95 Å². The lowest BCUT2D eigenvalue weighted by Crippen LogP contribution is -2.17. The van der Waals surface area contributed by atoms with Crippen LogP contribution in [0.25, 0.3) is 0 Å². The Kier molecular flexibility index (Phi) is 3.22. The summed E-state index contributed by atoms with van der Waals surface area (Å²) >= 11 is 6.47. The predicted molar refractivity (Wildman–Crippen MR) is 54.9 cm³/mol. The Balaban J connectivity index is 3.18. The molecule has 0 spiro atoms. The van der Waals surface area contributed by atoms with Crippen LogP contribution in [0.3, 0.4) is 0 Å². The highest BCUT2D eigenvalue weighted by Crippen LogP contribution is 2.18. The second-order valence-electron chi connectivity index (χ2n) is 2.73. The molecule has 0 fully saturated rings. The number of rotatable bonds is 3. The zero-order chi connectivity index (χ0) is 10.0. The van der Waals surface area contributed by atoms with E-state index in [1.54, 1.807) is 11.5 Å². The van der Waals surface area contributed by atoms with Crippen molar-refractivity contribution >= 4 is 29.5 Å². The van der Waals surface area contributed by atoms with Crippen LogP contribution in [0.15, 0.2) is 5.38 Å². The molecule has 0 saturated carbocycles. The predicted octanol–water partition coefficient (Wildman–Crippen LogP) is 2.49. The molecule has 1 atom stereocenters. The molecular formula is C8H11NO2S2. The maximum absolute atomic E-state index is 10.8. The number of nitrogens with zero attached hydrogens (tertiary/aromatic N) is 1. The number of carbonyl (C=O) groups is 1. The van der Waals surface area contributed by atoms with E-state index in [-0.39, 0.29) is 0 Å². The molecule has 0 radical (unpaired) electrons. The van der Waals surface area contributed by atoms with E-state index < -0.39 is 12.0 Å². The minimum Gasteiger partial charge on any atom is -0.480 e. The highest BCUT2D eigenvalue weighted by molar-refractivity contribution is 7.73. The van der Waals surface area contributed by atoms with Crippen LogP contribution in [0, 0.1) is 3.95 Å². The number of hydrogen-bond acceptors (Lipinski definition) is 3. The van der Waals surface area contributed by atoms with Crippen LogP contribution in [-0.4, -0.2) is 15.6 Å². The molecule has 0 aliphatic carbocycles. The highest BCUT2D eigenvalue weighted by atomic mass is 32.1.